The van der Waals surface area contributed by atoms with Gasteiger partial charge in [-0.2, -0.15) is 0 Å². The van der Waals surface area contributed by atoms with E-state index in [2.05, 4.69) is 44.4 Å². The van der Waals surface area contributed by atoms with Gasteiger partial charge in [-0.3, -0.25) is 0 Å². The van der Waals surface area contributed by atoms with Gasteiger partial charge in [-0.15, -0.1) is 0 Å². The van der Waals surface area contributed by atoms with Crippen molar-refractivity contribution < 1.29 is 14.7 Å². The number of benzene rings is 1. The molecule has 92 valence electrons. The molecule has 1 aromatic rings. The van der Waals surface area contributed by atoms with E-state index in [1.165, 1.54) is 5.56 Å². The highest BCUT2D eigenvalue weighted by atomic mass is 16.5. The van der Waals surface area contributed by atoms with Gasteiger partial charge in [-0.25, -0.2) is 0 Å². The second-order valence-electron chi connectivity index (χ2n) is 4.50. The Labute approximate surface area is 98.6 Å². The van der Waals surface area contributed by atoms with Gasteiger partial charge in [0.2, 0.25) is 0 Å². The molecule has 0 atom stereocenters. The summed E-state index contributed by atoms with van der Waals surface area (Å²) in [7, 11) is 4.48. The van der Waals surface area contributed by atoms with E-state index in [9.17, 15) is 0 Å². The molecule has 0 unspecified atom stereocenters. The lowest BCUT2D eigenvalue weighted by Gasteiger charge is -2.29. The molecule has 0 amide bonds. The minimum Gasteiger partial charge on any atom is -0.870 e. The Morgan fingerprint density at radius 2 is 1.75 bits per heavy atom. The lowest BCUT2D eigenvalue weighted by molar-refractivity contribution is -0.904. The smallest absolute Gasteiger partial charge is 0.104 e. The van der Waals surface area contributed by atoms with Crippen LogP contribution in [0.1, 0.15) is 12.5 Å². The Kier molecular flexibility index (Phi) is 6.97. The van der Waals surface area contributed by atoms with Crippen molar-refractivity contribution in [3.63, 3.8) is 0 Å². The Hall–Kier alpha value is -0.900. The number of quaternary nitrogens is 1. The monoisotopic (exact) mass is 225 g/mol. The van der Waals surface area contributed by atoms with Crippen LogP contribution in [0.3, 0.4) is 0 Å². The lowest BCUT2D eigenvalue weighted by atomic mass is 10.2. The first-order valence-electron chi connectivity index (χ1n) is 5.58. The third-order valence-electron chi connectivity index (χ3n) is 2.50. The van der Waals surface area contributed by atoms with Crippen molar-refractivity contribution in [2.45, 2.75) is 13.5 Å². The van der Waals surface area contributed by atoms with E-state index in [0.29, 0.717) is 0 Å². The topological polar surface area (TPSA) is 39.2 Å². The molecule has 1 aromatic carbocycles. The molecule has 3 nitrogen and oxygen atoms in total. The van der Waals surface area contributed by atoms with Gasteiger partial charge < -0.3 is 14.7 Å². The van der Waals surface area contributed by atoms with Crippen molar-refractivity contribution in [2.75, 3.05) is 33.9 Å². The predicted molar refractivity (Wildman–Crippen MR) is 65.6 cm³/mol. The minimum absolute atomic E-state index is 0. The molecule has 0 heterocycles. The molecule has 0 radical (unpaired) electrons. The van der Waals surface area contributed by atoms with Crippen LogP contribution in [-0.4, -0.2) is 43.8 Å². The average Bonchev–Trinajstić information content (AvgIpc) is 2.18. The van der Waals surface area contributed by atoms with Crippen molar-refractivity contribution in [3.8, 4) is 0 Å². The first-order valence-corrected chi connectivity index (χ1v) is 5.58. The largest absolute Gasteiger partial charge is 0.870 e. The summed E-state index contributed by atoms with van der Waals surface area (Å²) in [6, 6.07) is 10.6. The number of nitrogens with zero attached hydrogens (tertiary/aromatic N) is 1. The second-order valence-corrected chi connectivity index (χ2v) is 4.50. The van der Waals surface area contributed by atoms with E-state index in [4.69, 9.17) is 4.74 Å². The molecule has 0 spiro atoms. The molecule has 0 bridgehead atoms. The fourth-order valence-corrected chi connectivity index (χ4v) is 1.61. The second kappa shape index (κ2) is 7.39. The maximum Gasteiger partial charge on any atom is 0.104 e. The highest BCUT2D eigenvalue weighted by molar-refractivity contribution is 5.13. The number of ether oxygens (including phenoxy) is 1. The zero-order valence-corrected chi connectivity index (χ0v) is 10.5. The number of hydrogen-bond donors (Lipinski definition) is 0. The molecular formula is C13H23NO2. The normalized spacial score (nSPS) is 10.9. The summed E-state index contributed by atoms with van der Waals surface area (Å²) < 4.78 is 6.37. The summed E-state index contributed by atoms with van der Waals surface area (Å²) >= 11 is 0. The van der Waals surface area contributed by atoms with Crippen LogP contribution in [0, 0.1) is 0 Å². The van der Waals surface area contributed by atoms with Crippen LogP contribution in [0.25, 0.3) is 0 Å². The first-order chi connectivity index (χ1) is 7.14. The van der Waals surface area contributed by atoms with Crippen LogP contribution < -0.4 is 0 Å². The van der Waals surface area contributed by atoms with Crippen molar-refractivity contribution >= 4 is 0 Å². The standard InChI is InChI=1S/C13H22NO.H2O/c1-4-15-11-10-14(2,3)12-13-8-6-5-7-9-13;/h5-9H,4,10-12H2,1-3H3;1H2/q+1;/p-1. The molecule has 0 aliphatic carbocycles. The van der Waals surface area contributed by atoms with Crippen LogP contribution >= 0.6 is 0 Å². The molecule has 0 aliphatic rings. The van der Waals surface area contributed by atoms with E-state index in [-0.39, 0.29) is 5.48 Å². The Bertz CT molecular complexity index is 273. The van der Waals surface area contributed by atoms with Gasteiger partial charge in [0.05, 0.1) is 20.7 Å². The van der Waals surface area contributed by atoms with Crippen LogP contribution in [0.5, 0.6) is 0 Å². The Balaban J connectivity index is 0.00000225. The number of hydrogen-bond acceptors (Lipinski definition) is 2. The van der Waals surface area contributed by atoms with Crippen molar-refractivity contribution in [3.05, 3.63) is 35.9 Å². The van der Waals surface area contributed by atoms with Gasteiger partial charge in [0.1, 0.15) is 13.1 Å². The molecule has 0 saturated heterocycles. The molecule has 1 rings (SSSR count). The molecule has 1 N–H and O–H groups in total. The molecular weight excluding hydrogens is 202 g/mol. The zero-order valence-electron chi connectivity index (χ0n) is 10.5. The third-order valence-corrected chi connectivity index (χ3v) is 2.50. The predicted octanol–water partition coefficient (Wildman–Crippen LogP) is 2.12. The highest BCUT2D eigenvalue weighted by Gasteiger charge is 2.14. The third kappa shape index (κ3) is 5.85. The van der Waals surface area contributed by atoms with Gasteiger partial charge in [0.25, 0.3) is 0 Å². The van der Waals surface area contributed by atoms with E-state index in [1.807, 2.05) is 6.92 Å². The van der Waals surface area contributed by atoms with Crippen molar-refractivity contribution in [1.29, 1.82) is 0 Å². The molecule has 3 heteroatoms. The van der Waals surface area contributed by atoms with E-state index in [1.54, 1.807) is 0 Å². The van der Waals surface area contributed by atoms with Crippen LogP contribution in [0.15, 0.2) is 30.3 Å². The van der Waals surface area contributed by atoms with E-state index >= 15 is 0 Å². The lowest BCUT2D eigenvalue weighted by Crippen LogP contribution is -2.41. The summed E-state index contributed by atoms with van der Waals surface area (Å²) in [5.74, 6) is 0. The Morgan fingerprint density at radius 3 is 2.31 bits per heavy atom. The number of rotatable bonds is 6. The SMILES string of the molecule is CCOCC[N+](C)(C)Cc1ccccc1.[OH-]. The number of likely N-dealkylation sites (N-methyl/N-ethyl adjacent to an activating group) is 1. The van der Waals surface area contributed by atoms with E-state index in [0.717, 1.165) is 30.8 Å². The van der Waals surface area contributed by atoms with Gasteiger partial charge in [0.15, 0.2) is 0 Å². The summed E-state index contributed by atoms with van der Waals surface area (Å²) in [4.78, 5) is 0. The van der Waals surface area contributed by atoms with Crippen molar-refractivity contribution in [1.82, 2.24) is 0 Å². The highest BCUT2D eigenvalue weighted by Crippen LogP contribution is 2.08. The zero-order chi connectivity index (χ0) is 11.1. The quantitative estimate of drug-likeness (QED) is 0.549. The summed E-state index contributed by atoms with van der Waals surface area (Å²) in [6.07, 6.45) is 0. The fraction of sp³-hybridized carbons (Fsp3) is 0.538. The molecule has 16 heavy (non-hydrogen) atoms. The van der Waals surface area contributed by atoms with Gasteiger partial charge in [-0.05, 0) is 6.92 Å². The van der Waals surface area contributed by atoms with Crippen LogP contribution in [-0.2, 0) is 11.3 Å². The van der Waals surface area contributed by atoms with Gasteiger partial charge in [-0.1, -0.05) is 30.3 Å². The molecule has 0 fully saturated rings. The van der Waals surface area contributed by atoms with Crippen LogP contribution in [0.2, 0.25) is 0 Å². The average molecular weight is 225 g/mol. The van der Waals surface area contributed by atoms with Crippen LogP contribution in [0.4, 0.5) is 0 Å². The maximum absolute atomic E-state index is 5.39. The molecule has 0 saturated carbocycles. The Morgan fingerprint density at radius 1 is 1.12 bits per heavy atom. The minimum atomic E-state index is 0. The first kappa shape index (κ1) is 15.1. The van der Waals surface area contributed by atoms with Gasteiger partial charge in [0, 0.05) is 12.2 Å². The fourth-order valence-electron chi connectivity index (χ4n) is 1.61. The van der Waals surface area contributed by atoms with Gasteiger partial charge >= 0.3 is 0 Å². The summed E-state index contributed by atoms with van der Waals surface area (Å²) in [5, 5.41) is 0. The molecule has 0 aliphatic heterocycles. The summed E-state index contributed by atoms with van der Waals surface area (Å²) in [6.45, 7) is 5.81. The molecule has 0 aromatic heterocycles. The summed E-state index contributed by atoms with van der Waals surface area (Å²) in [5.41, 5.74) is 1.39. The van der Waals surface area contributed by atoms with Crippen molar-refractivity contribution in [2.24, 2.45) is 0 Å². The van der Waals surface area contributed by atoms with E-state index < -0.39 is 0 Å². The maximum atomic E-state index is 5.39.